The largest absolute Gasteiger partial charge is 0.465 e. The van der Waals surface area contributed by atoms with Crippen molar-refractivity contribution in [2.75, 3.05) is 12.4 Å². The summed E-state index contributed by atoms with van der Waals surface area (Å²) < 4.78 is 4.65. The molecule has 1 aromatic rings. The van der Waals surface area contributed by atoms with Gasteiger partial charge in [-0.3, -0.25) is 0 Å². The molecule has 0 atom stereocenters. The van der Waals surface area contributed by atoms with Crippen LogP contribution in [-0.2, 0) is 4.74 Å². The number of esters is 1. The molecule has 0 aliphatic carbocycles. The Morgan fingerprint density at radius 1 is 1.26 bits per heavy atom. The number of anilines is 1. The number of ether oxygens (including phenoxy) is 1. The number of urea groups is 1. The summed E-state index contributed by atoms with van der Waals surface area (Å²) >= 11 is 0. The molecule has 0 radical (unpaired) electrons. The highest BCUT2D eigenvalue weighted by atomic mass is 16.5. The first-order valence-corrected chi connectivity index (χ1v) is 5.96. The number of amides is 2. The van der Waals surface area contributed by atoms with Crippen molar-refractivity contribution in [3.63, 3.8) is 0 Å². The summed E-state index contributed by atoms with van der Waals surface area (Å²) in [5, 5.41) is 5.16. The number of methoxy groups -OCH3 is 1. The monoisotopic (exact) mass is 262 g/mol. The van der Waals surface area contributed by atoms with Crippen molar-refractivity contribution in [2.45, 2.75) is 13.8 Å². The van der Waals surface area contributed by atoms with Crippen molar-refractivity contribution in [1.29, 1.82) is 0 Å². The van der Waals surface area contributed by atoms with Crippen LogP contribution in [0.25, 0.3) is 0 Å². The molecule has 0 aliphatic rings. The van der Waals surface area contributed by atoms with Crippen LogP contribution in [-0.4, -0.2) is 19.1 Å². The third kappa shape index (κ3) is 4.83. The van der Waals surface area contributed by atoms with E-state index < -0.39 is 12.0 Å². The van der Waals surface area contributed by atoms with E-state index >= 15 is 0 Å². The Balaban J connectivity index is 2.71. The van der Waals surface area contributed by atoms with Crippen molar-refractivity contribution >= 4 is 17.7 Å². The van der Waals surface area contributed by atoms with Crippen LogP contribution in [0.4, 0.5) is 10.5 Å². The Labute approximate surface area is 112 Å². The first-order chi connectivity index (χ1) is 9.04. The van der Waals surface area contributed by atoms with Crippen LogP contribution in [0, 0.1) is 5.92 Å². The SMILES string of the molecule is COC(=O)c1ccccc1NC(=O)N/C=C/C(C)C. The molecule has 0 unspecified atom stereocenters. The molecule has 0 heterocycles. The molecular formula is C14H18N2O3. The normalized spacial score (nSPS) is 10.5. The van der Waals surface area contributed by atoms with Crippen molar-refractivity contribution in [3.8, 4) is 0 Å². The zero-order valence-corrected chi connectivity index (χ0v) is 11.3. The van der Waals surface area contributed by atoms with E-state index in [9.17, 15) is 9.59 Å². The maximum absolute atomic E-state index is 11.6. The van der Waals surface area contributed by atoms with Crippen LogP contribution < -0.4 is 10.6 Å². The summed E-state index contributed by atoms with van der Waals surface area (Å²) in [6.07, 6.45) is 3.42. The Morgan fingerprint density at radius 3 is 2.58 bits per heavy atom. The van der Waals surface area contributed by atoms with E-state index in [2.05, 4.69) is 15.4 Å². The van der Waals surface area contributed by atoms with Gasteiger partial charge in [0, 0.05) is 6.20 Å². The molecular weight excluding hydrogens is 244 g/mol. The van der Waals surface area contributed by atoms with Crippen molar-refractivity contribution in [3.05, 3.63) is 42.1 Å². The average Bonchev–Trinajstić information content (AvgIpc) is 2.38. The number of hydrogen-bond acceptors (Lipinski definition) is 3. The minimum absolute atomic E-state index is 0.313. The van der Waals surface area contributed by atoms with E-state index in [0.717, 1.165) is 0 Å². The van der Waals surface area contributed by atoms with Gasteiger partial charge in [0.2, 0.25) is 0 Å². The fourth-order valence-electron chi connectivity index (χ4n) is 1.35. The summed E-state index contributed by atoms with van der Waals surface area (Å²) in [6, 6.07) is 6.25. The highest BCUT2D eigenvalue weighted by Crippen LogP contribution is 2.15. The fourth-order valence-corrected chi connectivity index (χ4v) is 1.35. The highest BCUT2D eigenvalue weighted by Gasteiger charge is 2.12. The summed E-state index contributed by atoms with van der Waals surface area (Å²) in [6.45, 7) is 4.01. The minimum atomic E-state index is -0.492. The molecule has 102 valence electrons. The Kier molecular flexibility index (Phi) is 5.60. The van der Waals surface area contributed by atoms with E-state index in [1.165, 1.54) is 7.11 Å². The number of hydrogen-bond donors (Lipinski definition) is 2. The molecule has 0 saturated heterocycles. The molecule has 0 aromatic heterocycles. The molecule has 0 fully saturated rings. The quantitative estimate of drug-likeness (QED) is 0.820. The first kappa shape index (κ1) is 14.8. The second-order valence-electron chi connectivity index (χ2n) is 4.24. The van der Waals surface area contributed by atoms with E-state index in [0.29, 0.717) is 17.2 Å². The van der Waals surface area contributed by atoms with E-state index in [1.54, 1.807) is 30.5 Å². The zero-order chi connectivity index (χ0) is 14.3. The number of para-hydroxylation sites is 1. The van der Waals surface area contributed by atoms with Crippen LogP contribution in [0.3, 0.4) is 0 Å². The van der Waals surface area contributed by atoms with Gasteiger partial charge in [0.15, 0.2) is 0 Å². The van der Waals surface area contributed by atoms with E-state index in [4.69, 9.17) is 0 Å². The van der Waals surface area contributed by atoms with Crippen molar-refractivity contribution < 1.29 is 14.3 Å². The molecule has 0 saturated carbocycles. The molecule has 2 amide bonds. The van der Waals surface area contributed by atoms with Gasteiger partial charge in [0.25, 0.3) is 0 Å². The third-order valence-corrected chi connectivity index (χ3v) is 2.28. The van der Waals surface area contributed by atoms with Gasteiger partial charge in [0.05, 0.1) is 18.4 Å². The third-order valence-electron chi connectivity index (χ3n) is 2.28. The number of nitrogens with one attached hydrogen (secondary N) is 2. The second kappa shape index (κ2) is 7.20. The van der Waals surface area contributed by atoms with Crippen molar-refractivity contribution in [2.24, 2.45) is 5.92 Å². The minimum Gasteiger partial charge on any atom is -0.465 e. The number of carbonyl (C=O) groups is 2. The molecule has 0 spiro atoms. The maximum Gasteiger partial charge on any atom is 0.339 e. The number of benzene rings is 1. The van der Waals surface area contributed by atoms with E-state index in [1.807, 2.05) is 19.9 Å². The average molecular weight is 262 g/mol. The second-order valence-corrected chi connectivity index (χ2v) is 4.24. The Bertz CT molecular complexity index is 481. The Morgan fingerprint density at radius 2 is 1.95 bits per heavy atom. The number of allylic oxidation sites excluding steroid dienone is 1. The lowest BCUT2D eigenvalue weighted by Crippen LogP contribution is -2.25. The lowest BCUT2D eigenvalue weighted by Gasteiger charge is -2.09. The Hall–Kier alpha value is -2.30. The van der Waals surface area contributed by atoms with Gasteiger partial charge in [-0.15, -0.1) is 0 Å². The smallest absolute Gasteiger partial charge is 0.339 e. The van der Waals surface area contributed by atoms with Gasteiger partial charge < -0.3 is 15.4 Å². The van der Waals surface area contributed by atoms with Gasteiger partial charge >= 0.3 is 12.0 Å². The molecule has 19 heavy (non-hydrogen) atoms. The fraction of sp³-hybridized carbons (Fsp3) is 0.286. The van der Waals surface area contributed by atoms with Gasteiger partial charge in [-0.25, -0.2) is 9.59 Å². The van der Waals surface area contributed by atoms with Crippen LogP contribution in [0.2, 0.25) is 0 Å². The first-order valence-electron chi connectivity index (χ1n) is 5.96. The van der Waals surface area contributed by atoms with Crippen molar-refractivity contribution in [1.82, 2.24) is 5.32 Å². The number of rotatable bonds is 4. The molecule has 5 heteroatoms. The molecule has 1 aromatic carbocycles. The topological polar surface area (TPSA) is 67.4 Å². The zero-order valence-electron chi connectivity index (χ0n) is 11.3. The summed E-state index contributed by atoms with van der Waals surface area (Å²) in [5.74, 6) is -0.142. The molecule has 2 N–H and O–H groups in total. The van der Waals surface area contributed by atoms with Crippen LogP contribution >= 0.6 is 0 Å². The number of carbonyl (C=O) groups excluding carboxylic acids is 2. The standard InChI is InChI=1S/C14H18N2O3/c1-10(2)8-9-15-14(18)16-12-7-5-4-6-11(12)13(17)19-3/h4-10H,1-3H3,(H2,15,16,18)/b9-8+. The lowest BCUT2D eigenvalue weighted by molar-refractivity contribution is 0.0602. The summed E-state index contributed by atoms with van der Waals surface area (Å²) in [4.78, 5) is 23.1. The van der Waals surface area contributed by atoms with Crippen LogP contribution in [0.15, 0.2) is 36.5 Å². The lowest BCUT2D eigenvalue weighted by atomic mass is 10.2. The van der Waals surface area contributed by atoms with Gasteiger partial charge in [-0.2, -0.15) is 0 Å². The molecule has 0 bridgehead atoms. The molecule has 0 aliphatic heterocycles. The maximum atomic E-state index is 11.6. The van der Waals surface area contributed by atoms with E-state index in [-0.39, 0.29) is 0 Å². The van der Waals surface area contributed by atoms with Crippen LogP contribution in [0.5, 0.6) is 0 Å². The van der Waals surface area contributed by atoms with Gasteiger partial charge in [0.1, 0.15) is 0 Å². The predicted molar refractivity (Wildman–Crippen MR) is 73.9 cm³/mol. The van der Waals surface area contributed by atoms with Crippen LogP contribution in [0.1, 0.15) is 24.2 Å². The molecule has 1 rings (SSSR count). The van der Waals surface area contributed by atoms with Gasteiger partial charge in [-0.1, -0.05) is 32.1 Å². The summed E-state index contributed by atoms with van der Waals surface area (Å²) in [5.41, 5.74) is 0.720. The predicted octanol–water partition coefficient (Wildman–Crippen LogP) is 2.76. The summed E-state index contributed by atoms with van der Waals surface area (Å²) in [7, 11) is 1.30. The molecule has 5 nitrogen and oxygen atoms in total. The van der Waals surface area contributed by atoms with Gasteiger partial charge in [-0.05, 0) is 18.1 Å². The highest BCUT2D eigenvalue weighted by molar-refractivity contribution is 6.00.